The van der Waals surface area contributed by atoms with Gasteiger partial charge < -0.3 is 9.47 Å². The van der Waals surface area contributed by atoms with Gasteiger partial charge in [-0.3, -0.25) is 4.79 Å². The first-order valence-electron chi connectivity index (χ1n) is 11.2. The molecule has 3 aromatic carbocycles. The Labute approximate surface area is 211 Å². The molecule has 0 atom stereocenters. The molecular formula is C27H20ClN5OS. The molecule has 0 saturated carbocycles. The molecule has 6 rings (SSSR count). The van der Waals surface area contributed by atoms with Gasteiger partial charge in [-0.05, 0) is 29.3 Å². The van der Waals surface area contributed by atoms with Crippen LogP contribution in [0.1, 0.15) is 16.2 Å². The molecule has 1 aliphatic rings. The van der Waals surface area contributed by atoms with Gasteiger partial charge in [0.1, 0.15) is 10.7 Å². The van der Waals surface area contributed by atoms with E-state index in [1.165, 1.54) is 11.3 Å². The van der Waals surface area contributed by atoms with Crippen LogP contribution in [0.3, 0.4) is 0 Å². The highest BCUT2D eigenvalue weighted by Crippen LogP contribution is 2.33. The van der Waals surface area contributed by atoms with Crippen molar-refractivity contribution in [3.63, 3.8) is 0 Å². The number of rotatable bonds is 4. The van der Waals surface area contributed by atoms with Crippen molar-refractivity contribution in [2.45, 2.75) is 13.1 Å². The summed E-state index contributed by atoms with van der Waals surface area (Å²) in [6.07, 6.45) is 0. The molecule has 0 radical (unpaired) electrons. The van der Waals surface area contributed by atoms with E-state index in [9.17, 15) is 4.79 Å². The van der Waals surface area contributed by atoms with Gasteiger partial charge in [0.2, 0.25) is 0 Å². The summed E-state index contributed by atoms with van der Waals surface area (Å²) in [7, 11) is 0. The zero-order chi connectivity index (χ0) is 23.8. The van der Waals surface area contributed by atoms with E-state index in [1.807, 2.05) is 81.6 Å². The summed E-state index contributed by atoms with van der Waals surface area (Å²) >= 11 is 7.87. The summed E-state index contributed by atoms with van der Waals surface area (Å²) < 4.78 is 2.05. The van der Waals surface area contributed by atoms with Crippen molar-refractivity contribution < 1.29 is 4.79 Å². The van der Waals surface area contributed by atoms with E-state index in [2.05, 4.69) is 22.3 Å². The number of carbonyl (C=O) groups is 1. The number of hydrogen-bond donors (Lipinski definition) is 0. The van der Waals surface area contributed by atoms with Gasteiger partial charge in [-0.2, -0.15) is 0 Å². The molecule has 1 amide bonds. The molecule has 2 aromatic heterocycles. The van der Waals surface area contributed by atoms with Crippen LogP contribution in [0.2, 0.25) is 5.02 Å². The highest BCUT2D eigenvalue weighted by atomic mass is 35.5. The molecule has 8 heteroatoms. The molecule has 0 bridgehead atoms. The molecule has 1 aliphatic heterocycles. The van der Waals surface area contributed by atoms with Crippen LogP contribution in [0.4, 0.5) is 0 Å². The number of halogens is 1. The molecule has 0 saturated heterocycles. The first-order chi connectivity index (χ1) is 17.2. The van der Waals surface area contributed by atoms with Gasteiger partial charge in [-0.25, -0.2) is 4.98 Å². The van der Waals surface area contributed by atoms with Crippen molar-refractivity contribution >= 4 is 28.8 Å². The van der Waals surface area contributed by atoms with Gasteiger partial charge in [0.05, 0.1) is 11.6 Å². The number of nitrogens with zero attached hydrogens (tertiary/aromatic N) is 5. The van der Waals surface area contributed by atoms with Crippen LogP contribution < -0.4 is 0 Å². The van der Waals surface area contributed by atoms with Crippen LogP contribution in [-0.4, -0.2) is 37.1 Å². The Morgan fingerprint density at radius 1 is 0.857 bits per heavy atom. The average Bonchev–Trinajstić information content (AvgIpc) is 3.56. The van der Waals surface area contributed by atoms with Gasteiger partial charge in [-0.1, -0.05) is 72.3 Å². The highest BCUT2D eigenvalue weighted by Gasteiger charge is 2.26. The van der Waals surface area contributed by atoms with Crippen LogP contribution >= 0.6 is 22.9 Å². The molecule has 0 spiro atoms. The average molecular weight is 498 g/mol. The maximum atomic E-state index is 13.2. The quantitative estimate of drug-likeness (QED) is 0.303. The Bertz CT molecular complexity index is 1510. The lowest BCUT2D eigenvalue weighted by Crippen LogP contribution is -2.38. The lowest BCUT2D eigenvalue weighted by molar-refractivity contribution is 0.0708. The molecule has 0 N–H and O–H groups in total. The van der Waals surface area contributed by atoms with Crippen molar-refractivity contribution in [3.8, 4) is 33.2 Å². The molecule has 6 nitrogen and oxygen atoms in total. The van der Waals surface area contributed by atoms with E-state index in [0.717, 1.165) is 33.2 Å². The normalized spacial score (nSPS) is 13.0. The molecule has 0 unspecified atom stereocenters. The molecule has 172 valence electrons. The first kappa shape index (κ1) is 21.7. The Hall–Kier alpha value is -3.81. The Morgan fingerprint density at radius 2 is 1.60 bits per heavy atom. The van der Waals surface area contributed by atoms with Gasteiger partial charge in [0, 0.05) is 29.6 Å². The van der Waals surface area contributed by atoms with Crippen LogP contribution in [0.25, 0.3) is 33.2 Å². The smallest absolute Gasteiger partial charge is 0.254 e. The van der Waals surface area contributed by atoms with Gasteiger partial charge in [-0.15, -0.1) is 21.5 Å². The molecule has 3 heterocycles. The van der Waals surface area contributed by atoms with E-state index in [4.69, 9.17) is 16.6 Å². The monoisotopic (exact) mass is 497 g/mol. The third-order valence-electron chi connectivity index (χ3n) is 6.12. The second-order valence-electron chi connectivity index (χ2n) is 8.28. The fourth-order valence-corrected chi connectivity index (χ4v) is 5.39. The molecule has 0 aliphatic carbocycles. The molecule has 0 fully saturated rings. The van der Waals surface area contributed by atoms with E-state index < -0.39 is 0 Å². The number of hydrogen-bond acceptors (Lipinski definition) is 5. The lowest BCUT2D eigenvalue weighted by atomic mass is 10.0. The lowest BCUT2D eigenvalue weighted by Gasteiger charge is -2.27. The van der Waals surface area contributed by atoms with E-state index in [0.29, 0.717) is 36.0 Å². The Morgan fingerprint density at radius 3 is 2.40 bits per heavy atom. The number of carbonyl (C=O) groups excluding carboxylic acids is 1. The Kier molecular flexibility index (Phi) is 5.64. The summed E-state index contributed by atoms with van der Waals surface area (Å²) in [6, 6.07) is 25.6. The van der Waals surface area contributed by atoms with Gasteiger partial charge in [0.15, 0.2) is 11.6 Å². The SMILES string of the molecule is O=C(c1ccc(-c2ccccc2)cc1)N1CCn2c(nnc2-c2csc(-c3ccccc3Cl)n2)C1. The van der Waals surface area contributed by atoms with Crippen molar-refractivity contribution in [1.29, 1.82) is 0 Å². The topological polar surface area (TPSA) is 63.9 Å². The van der Waals surface area contributed by atoms with E-state index in [-0.39, 0.29) is 5.91 Å². The summed E-state index contributed by atoms with van der Waals surface area (Å²) in [4.78, 5) is 19.7. The maximum absolute atomic E-state index is 13.2. The van der Waals surface area contributed by atoms with Gasteiger partial charge in [0.25, 0.3) is 5.91 Å². The molecular weight excluding hydrogens is 478 g/mol. The predicted molar refractivity (Wildman–Crippen MR) is 138 cm³/mol. The van der Waals surface area contributed by atoms with Crippen molar-refractivity contribution in [2.24, 2.45) is 0 Å². The van der Waals surface area contributed by atoms with E-state index >= 15 is 0 Å². The van der Waals surface area contributed by atoms with Crippen LogP contribution in [0.5, 0.6) is 0 Å². The standard InChI is InChI=1S/C27H20ClN5OS/c28-22-9-5-4-8-21(22)26-29-23(17-35-26)25-31-30-24-16-32(14-15-33(24)25)27(34)20-12-10-19(11-13-20)18-6-2-1-3-7-18/h1-13,17H,14-16H2. The summed E-state index contributed by atoms with van der Waals surface area (Å²) in [5, 5.41) is 12.3. The maximum Gasteiger partial charge on any atom is 0.254 e. The number of fused-ring (bicyclic) bond motifs is 1. The summed E-state index contributed by atoms with van der Waals surface area (Å²) in [5.41, 5.74) is 4.55. The molecule has 35 heavy (non-hydrogen) atoms. The summed E-state index contributed by atoms with van der Waals surface area (Å²) in [6.45, 7) is 1.61. The Balaban J connectivity index is 1.20. The number of thiazole rings is 1. The van der Waals surface area contributed by atoms with E-state index in [1.54, 1.807) is 0 Å². The predicted octanol–water partition coefficient (Wildman–Crippen LogP) is 6.05. The largest absolute Gasteiger partial charge is 0.329 e. The molecule has 5 aromatic rings. The van der Waals surface area contributed by atoms with Gasteiger partial charge >= 0.3 is 0 Å². The van der Waals surface area contributed by atoms with Crippen LogP contribution in [0.15, 0.2) is 84.2 Å². The fraction of sp³-hybridized carbons (Fsp3) is 0.111. The third kappa shape index (κ3) is 4.13. The zero-order valence-electron chi connectivity index (χ0n) is 18.6. The summed E-state index contributed by atoms with van der Waals surface area (Å²) in [5.74, 6) is 1.47. The highest BCUT2D eigenvalue weighted by molar-refractivity contribution is 7.13. The zero-order valence-corrected chi connectivity index (χ0v) is 20.2. The van der Waals surface area contributed by atoms with Crippen molar-refractivity contribution in [3.05, 3.63) is 101 Å². The first-order valence-corrected chi connectivity index (χ1v) is 12.5. The fourth-order valence-electron chi connectivity index (χ4n) is 4.27. The minimum absolute atomic E-state index is 0.00456. The van der Waals surface area contributed by atoms with Crippen LogP contribution in [-0.2, 0) is 13.1 Å². The third-order valence-corrected chi connectivity index (χ3v) is 7.32. The minimum atomic E-state index is -0.00456. The number of aromatic nitrogens is 4. The van der Waals surface area contributed by atoms with Crippen molar-refractivity contribution in [2.75, 3.05) is 6.54 Å². The number of benzene rings is 3. The second kappa shape index (κ2) is 9.09. The van der Waals surface area contributed by atoms with Crippen molar-refractivity contribution in [1.82, 2.24) is 24.6 Å². The number of amides is 1. The van der Waals surface area contributed by atoms with Crippen LogP contribution in [0, 0.1) is 0 Å². The minimum Gasteiger partial charge on any atom is -0.329 e. The second-order valence-corrected chi connectivity index (χ2v) is 9.54.